The number of nitrogens with zero attached hydrogens (tertiary/aromatic N) is 2. The third kappa shape index (κ3) is 4.94. The average Bonchev–Trinajstić information content (AvgIpc) is 1.81. The maximum atomic E-state index is 11.9. The number of alkyl halides is 3. The van der Waals surface area contributed by atoms with Crippen LogP contribution in [-0.4, -0.2) is 17.8 Å². The summed E-state index contributed by atoms with van der Waals surface area (Å²) in [5.41, 5.74) is 4.88. The van der Waals surface area contributed by atoms with Crippen LogP contribution in [0.2, 0.25) is 0 Å². The summed E-state index contributed by atoms with van der Waals surface area (Å²) in [5.74, 6) is -3.49. The number of aliphatic imine (C=N–C) groups is 2. The molecular weight excluding hydrogens is 190 g/mol. The molecule has 0 fully saturated rings. The van der Waals surface area contributed by atoms with E-state index in [1.807, 2.05) is 0 Å². The lowest BCUT2D eigenvalue weighted by Crippen LogP contribution is -2.23. The Bertz CT molecular complexity index is 260. The van der Waals surface area contributed by atoms with Crippen LogP contribution in [0.4, 0.5) is 17.6 Å². The number of hydrogen-bond acceptors (Lipinski definition) is 1. The molecule has 0 aliphatic rings. The van der Waals surface area contributed by atoms with Gasteiger partial charge in [0.1, 0.15) is 0 Å². The van der Waals surface area contributed by atoms with Crippen LogP contribution in [0.25, 0.3) is 0 Å². The molecule has 13 heavy (non-hydrogen) atoms. The van der Waals surface area contributed by atoms with Crippen LogP contribution in [-0.2, 0) is 0 Å². The van der Waals surface area contributed by atoms with Crippen LogP contribution in [0.15, 0.2) is 22.5 Å². The molecule has 7 heteroatoms. The Morgan fingerprint density at radius 3 is 2.00 bits per heavy atom. The summed E-state index contributed by atoms with van der Waals surface area (Å²) in [4.78, 5) is 5.26. The summed E-state index contributed by atoms with van der Waals surface area (Å²) in [6, 6.07) is 0. The molecule has 74 valence electrons. The number of nitrogens with two attached hydrogens (primary N) is 1. The third-order valence-electron chi connectivity index (χ3n) is 0.763. The van der Waals surface area contributed by atoms with Gasteiger partial charge in [-0.3, -0.25) is 0 Å². The molecule has 0 heterocycles. The summed E-state index contributed by atoms with van der Waals surface area (Å²) in [7, 11) is 0. The first-order valence-corrected chi connectivity index (χ1v) is 3.04. The maximum Gasteiger partial charge on any atom is 0.451 e. The van der Waals surface area contributed by atoms with Crippen LogP contribution < -0.4 is 5.73 Å². The van der Waals surface area contributed by atoms with Crippen molar-refractivity contribution in [3.63, 3.8) is 0 Å². The lowest BCUT2D eigenvalue weighted by atomic mass is 10.5. The standard InChI is InChI=1S/C6H7F4N3/c1-3(7)12-5(6(8,9)10)13-4(2)11/h1H2,2H3,(H2,11,12,13). The molecule has 0 aromatic rings. The van der Waals surface area contributed by atoms with Gasteiger partial charge in [-0.25, -0.2) is 4.99 Å². The first kappa shape index (κ1) is 11.6. The SMILES string of the molecule is C=C(F)/N=C(\N=C(\C)N)C(F)(F)F. The zero-order valence-electron chi connectivity index (χ0n) is 6.69. The summed E-state index contributed by atoms with van der Waals surface area (Å²) >= 11 is 0. The number of halogens is 4. The smallest absolute Gasteiger partial charge is 0.387 e. The second-order valence-corrected chi connectivity index (χ2v) is 2.06. The van der Waals surface area contributed by atoms with Gasteiger partial charge in [0.25, 0.3) is 0 Å². The van der Waals surface area contributed by atoms with E-state index >= 15 is 0 Å². The van der Waals surface area contributed by atoms with Gasteiger partial charge < -0.3 is 5.73 Å². The minimum Gasteiger partial charge on any atom is -0.387 e. The largest absolute Gasteiger partial charge is 0.451 e. The Morgan fingerprint density at radius 1 is 1.31 bits per heavy atom. The highest BCUT2D eigenvalue weighted by Crippen LogP contribution is 2.19. The fourth-order valence-electron chi connectivity index (χ4n) is 0.434. The minimum absolute atomic E-state index is 0.364. The molecule has 0 rings (SSSR count). The Balaban J connectivity index is 5.00. The number of hydrogen-bond donors (Lipinski definition) is 1. The van der Waals surface area contributed by atoms with Gasteiger partial charge in [0.05, 0.1) is 5.84 Å². The van der Waals surface area contributed by atoms with Crippen molar-refractivity contribution in [2.75, 3.05) is 0 Å². The Morgan fingerprint density at radius 2 is 1.77 bits per heavy atom. The lowest BCUT2D eigenvalue weighted by Gasteiger charge is -2.04. The molecule has 0 atom stereocenters. The van der Waals surface area contributed by atoms with E-state index in [1.54, 1.807) is 0 Å². The molecule has 0 aromatic heterocycles. The molecule has 3 nitrogen and oxygen atoms in total. The van der Waals surface area contributed by atoms with Gasteiger partial charge in [-0.15, -0.1) is 0 Å². The molecule has 0 radical (unpaired) electrons. The highest BCUT2D eigenvalue weighted by molar-refractivity contribution is 5.98. The van der Waals surface area contributed by atoms with Crippen molar-refractivity contribution in [1.82, 2.24) is 0 Å². The van der Waals surface area contributed by atoms with Gasteiger partial charge in [0.2, 0.25) is 11.8 Å². The topological polar surface area (TPSA) is 50.7 Å². The van der Waals surface area contributed by atoms with E-state index in [-0.39, 0.29) is 5.84 Å². The van der Waals surface area contributed by atoms with Gasteiger partial charge in [-0.05, 0) is 13.5 Å². The molecule has 0 saturated carbocycles. The normalized spacial score (nSPS) is 14.5. The van der Waals surface area contributed by atoms with Gasteiger partial charge in [0, 0.05) is 0 Å². The van der Waals surface area contributed by atoms with E-state index in [9.17, 15) is 17.6 Å². The highest BCUT2D eigenvalue weighted by Gasteiger charge is 2.36. The Kier molecular flexibility index (Phi) is 3.58. The molecule has 0 aliphatic heterocycles. The van der Waals surface area contributed by atoms with Gasteiger partial charge in [-0.2, -0.15) is 22.6 Å². The molecule has 0 saturated heterocycles. The van der Waals surface area contributed by atoms with E-state index in [0.29, 0.717) is 0 Å². The van der Waals surface area contributed by atoms with E-state index < -0.39 is 18.0 Å². The van der Waals surface area contributed by atoms with Crippen molar-refractivity contribution in [3.05, 3.63) is 12.5 Å². The van der Waals surface area contributed by atoms with Crippen LogP contribution in [0.3, 0.4) is 0 Å². The van der Waals surface area contributed by atoms with Crippen molar-refractivity contribution in [3.8, 4) is 0 Å². The van der Waals surface area contributed by atoms with Crippen molar-refractivity contribution >= 4 is 11.7 Å². The fourth-order valence-corrected chi connectivity index (χ4v) is 0.434. The van der Waals surface area contributed by atoms with E-state index in [0.717, 1.165) is 6.92 Å². The molecule has 0 aromatic carbocycles. The molecule has 0 bridgehead atoms. The predicted molar refractivity (Wildman–Crippen MR) is 41.0 cm³/mol. The lowest BCUT2D eigenvalue weighted by molar-refractivity contribution is -0.0598. The third-order valence-corrected chi connectivity index (χ3v) is 0.763. The summed E-state index contributed by atoms with van der Waals surface area (Å²) < 4.78 is 47.8. The monoisotopic (exact) mass is 197 g/mol. The summed E-state index contributed by atoms with van der Waals surface area (Å²) in [6.45, 7) is 3.68. The molecule has 0 aliphatic carbocycles. The zero-order chi connectivity index (χ0) is 10.6. The van der Waals surface area contributed by atoms with E-state index in [4.69, 9.17) is 5.73 Å². The second kappa shape index (κ2) is 4.01. The minimum atomic E-state index is -4.84. The Hall–Kier alpha value is -1.40. The molecule has 0 amide bonds. The van der Waals surface area contributed by atoms with Crippen molar-refractivity contribution in [2.24, 2.45) is 15.7 Å². The molecule has 0 spiro atoms. The van der Waals surface area contributed by atoms with Crippen molar-refractivity contribution < 1.29 is 17.6 Å². The molecule has 0 unspecified atom stereocenters. The average molecular weight is 197 g/mol. The predicted octanol–water partition coefficient (Wildman–Crippen LogP) is 1.77. The van der Waals surface area contributed by atoms with Gasteiger partial charge >= 0.3 is 6.18 Å². The van der Waals surface area contributed by atoms with E-state index in [1.165, 1.54) is 0 Å². The molecular formula is C6H7F4N3. The van der Waals surface area contributed by atoms with Crippen LogP contribution in [0, 0.1) is 0 Å². The first-order valence-electron chi connectivity index (χ1n) is 3.04. The second-order valence-electron chi connectivity index (χ2n) is 2.06. The molecule has 2 N–H and O–H groups in total. The van der Waals surface area contributed by atoms with Crippen LogP contribution in [0.5, 0.6) is 0 Å². The van der Waals surface area contributed by atoms with E-state index in [2.05, 4.69) is 16.6 Å². The van der Waals surface area contributed by atoms with Gasteiger partial charge in [-0.1, -0.05) is 0 Å². The maximum absolute atomic E-state index is 11.9. The van der Waals surface area contributed by atoms with Crippen LogP contribution >= 0.6 is 0 Å². The number of amidine groups is 2. The summed E-state index contributed by atoms with van der Waals surface area (Å²) in [6.07, 6.45) is -4.84. The summed E-state index contributed by atoms with van der Waals surface area (Å²) in [5, 5.41) is 0. The first-order chi connectivity index (χ1) is 5.73. The highest BCUT2D eigenvalue weighted by atomic mass is 19.4. The zero-order valence-corrected chi connectivity index (χ0v) is 6.69. The number of rotatable bonds is 1. The Labute approximate surface area is 71.7 Å². The van der Waals surface area contributed by atoms with Crippen molar-refractivity contribution in [1.29, 1.82) is 0 Å². The quantitative estimate of drug-likeness (QED) is 0.296. The van der Waals surface area contributed by atoms with Crippen molar-refractivity contribution in [2.45, 2.75) is 13.1 Å². The van der Waals surface area contributed by atoms with Crippen LogP contribution in [0.1, 0.15) is 6.92 Å². The fraction of sp³-hybridized carbons (Fsp3) is 0.333. The van der Waals surface area contributed by atoms with Gasteiger partial charge in [0.15, 0.2) is 0 Å².